The molecule has 0 radical (unpaired) electrons. The first-order valence-corrected chi connectivity index (χ1v) is 13.3. The molecule has 0 fully saturated rings. The van der Waals surface area contributed by atoms with E-state index in [0.717, 1.165) is 17.7 Å². The van der Waals surface area contributed by atoms with Crippen molar-refractivity contribution in [3.05, 3.63) is 70.0 Å². The van der Waals surface area contributed by atoms with Crippen LogP contribution < -0.4 is 4.74 Å². The summed E-state index contributed by atoms with van der Waals surface area (Å²) in [5, 5.41) is 4.88. The van der Waals surface area contributed by atoms with E-state index in [9.17, 15) is 13.2 Å². The fraction of sp³-hybridized carbons (Fsp3) is 0.333. The Kier molecular flexibility index (Phi) is 7.70. The topological polar surface area (TPSA) is 90.7 Å². The summed E-state index contributed by atoms with van der Waals surface area (Å²) < 4.78 is 40.7. The number of benzene rings is 2. The van der Waals surface area contributed by atoms with E-state index in [0.29, 0.717) is 29.4 Å². The van der Waals surface area contributed by atoms with Gasteiger partial charge in [0.1, 0.15) is 18.0 Å². The SMILES string of the molecule is CCOC(=O)Cn1ncc2c1CCC[C@H]2N(C)S(=O)(=O)c1ccc(Oc2ccccc2Cl)c(Cl)c1. The van der Waals surface area contributed by atoms with Gasteiger partial charge in [-0.2, -0.15) is 9.40 Å². The molecule has 0 amide bonds. The van der Waals surface area contributed by atoms with Crippen LogP contribution in [0.15, 0.2) is 53.6 Å². The van der Waals surface area contributed by atoms with Crippen LogP contribution in [0, 0.1) is 0 Å². The molecule has 0 N–H and O–H groups in total. The number of hydrogen-bond acceptors (Lipinski definition) is 6. The van der Waals surface area contributed by atoms with E-state index < -0.39 is 16.1 Å². The highest BCUT2D eigenvalue weighted by Gasteiger charge is 2.34. The van der Waals surface area contributed by atoms with E-state index in [1.54, 1.807) is 49.1 Å². The monoisotopic (exact) mass is 537 g/mol. The minimum Gasteiger partial charge on any atom is -0.465 e. The average molecular weight is 538 g/mol. The number of esters is 1. The van der Waals surface area contributed by atoms with Crippen molar-refractivity contribution in [3.63, 3.8) is 0 Å². The van der Waals surface area contributed by atoms with Crippen LogP contribution in [0.2, 0.25) is 10.0 Å². The number of carbonyl (C=O) groups is 1. The van der Waals surface area contributed by atoms with Crippen LogP contribution in [0.3, 0.4) is 0 Å². The third-order valence-electron chi connectivity index (χ3n) is 5.89. The van der Waals surface area contributed by atoms with E-state index in [-0.39, 0.29) is 29.0 Å². The number of carbonyl (C=O) groups excluding carboxylic acids is 1. The van der Waals surface area contributed by atoms with Crippen LogP contribution in [0.25, 0.3) is 0 Å². The Morgan fingerprint density at radius 1 is 1.17 bits per heavy atom. The summed E-state index contributed by atoms with van der Waals surface area (Å²) in [6.07, 6.45) is 3.74. The molecular formula is C24H25Cl2N3O5S. The van der Waals surface area contributed by atoms with E-state index in [1.807, 2.05) is 0 Å². The van der Waals surface area contributed by atoms with Gasteiger partial charge in [-0.3, -0.25) is 9.48 Å². The van der Waals surface area contributed by atoms with Gasteiger partial charge in [-0.05, 0) is 56.5 Å². The molecule has 0 saturated heterocycles. The Morgan fingerprint density at radius 2 is 1.91 bits per heavy atom. The molecule has 3 aromatic rings. The number of rotatable bonds is 8. The molecule has 0 aliphatic heterocycles. The Hall–Kier alpha value is -2.59. The zero-order valence-corrected chi connectivity index (χ0v) is 21.6. The van der Waals surface area contributed by atoms with Crippen molar-refractivity contribution in [3.8, 4) is 11.5 Å². The molecule has 1 heterocycles. The minimum absolute atomic E-state index is 0.00510. The first-order valence-electron chi connectivity index (χ1n) is 11.1. The summed E-state index contributed by atoms with van der Waals surface area (Å²) in [4.78, 5) is 12.0. The minimum atomic E-state index is -3.89. The quantitative estimate of drug-likeness (QED) is 0.364. The van der Waals surface area contributed by atoms with Gasteiger partial charge in [0.2, 0.25) is 10.0 Å². The number of ether oxygens (including phenoxy) is 2. The van der Waals surface area contributed by atoms with Crippen LogP contribution in [-0.4, -0.2) is 42.1 Å². The smallest absolute Gasteiger partial charge is 0.327 e. The number of sulfonamides is 1. The molecule has 2 aromatic carbocycles. The standard InChI is InChI=1S/C24H25Cl2N3O5S/c1-3-33-24(30)15-29-21-9-6-8-20(17(21)14-27-29)28(2)35(31,32)16-11-12-23(19(26)13-16)34-22-10-5-4-7-18(22)25/h4-5,7,10-14,20H,3,6,8-9,15H2,1-2H3/t20-/m1/s1. The van der Waals surface area contributed by atoms with E-state index in [1.165, 1.54) is 22.5 Å². The fourth-order valence-corrected chi connectivity index (χ4v) is 5.99. The van der Waals surface area contributed by atoms with Crippen molar-refractivity contribution in [2.75, 3.05) is 13.7 Å². The number of para-hydroxylation sites is 1. The number of halogens is 2. The summed E-state index contributed by atoms with van der Waals surface area (Å²) >= 11 is 12.5. The Labute approximate surface area is 214 Å². The van der Waals surface area contributed by atoms with E-state index in [2.05, 4.69) is 5.10 Å². The molecule has 0 saturated carbocycles. The van der Waals surface area contributed by atoms with E-state index in [4.69, 9.17) is 32.7 Å². The van der Waals surface area contributed by atoms with Crippen LogP contribution in [0.1, 0.15) is 37.1 Å². The van der Waals surface area contributed by atoms with Gasteiger partial charge in [0.25, 0.3) is 0 Å². The maximum absolute atomic E-state index is 13.5. The third-order valence-corrected chi connectivity index (χ3v) is 8.36. The molecule has 1 atom stereocenters. The number of aromatic nitrogens is 2. The zero-order chi connectivity index (χ0) is 25.2. The first kappa shape index (κ1) is 25.5. The molecule has 11 heteroatoms. The molecule has 186 valence electrons. The highest BCUT2D eigenvalue weighted by atomic mass is 35.5. The lowest BCUT2D eigenvalue weighted by molar-refractivity contribution is -0.144. The lowest BCUT2D eigenvalue weighted by Gasteiger charge is -2.31. The second-order valence-corrected chi connectivity index (χ2v) is 10.9. The molecule has 8 nitrogen and oxygen atoms in total. The Morgan fingerprint density at radius 3 is 2.63 bits per heavy atom. The lowest BCUT2D eigenvalue weighted by Crippen LogP contribution is -2.33. The number of fused-ring (bicyclic) bond motifs is 1. The Balaban J connectivity index is 1.57. The van der Waals surface area contributed by atoms with Crippen molar-refractivity contribution in [2.24, 2.45) is 0 Å². The summed E-state index contributed by atoms with van der Waals surface area (Å²) in [5.74, 6) is 0.329. The van der Waals surface area contributed by atoms with Gasteiger partial charge in [-0.1, -0.05) is 35.3 Å². The molecule has 0 unspecified atom stereocenters. The molecule has 1 aromatic heterocycles. The van der Waals surface area contributed by atoms with Gasteiger partial charge >= 0.3 is 5.97 Å². The van der Waals surface area contributed by atoms with Gasteiger partial charge in [-0.15, -0.1) is 0 Å². The predicted molar refractivity (Wildman–Crippen MR) is 132 cm³/mol. The number of nitrogens with zero attached hydrogens (tertiary/aromatic N) is 3. The van der Waals surface area contributed by atoms with Crippen molar-refractivity contribution in [1.29, 1.82) is 0 Å². The maximum Gasteiger partial charge on any atom is 0.327 e. The van der Waals surface area contributed by atoms with Crippen LogP contribution >= 0.6 is 23.2 Å². The molecule has 1 aliphatic carbocycles. The highest BCUT2D eigenvalue weighted by molar-refractivity contribution is 7.89. The normalized spacial score (nSPS) is 15.6. The third kappa shape index (κ3) is 5.33. The van der Waals surface area contributed by atoms with Crippen molar-refractivity contribution < 1.29 is 22.7 Å². The molecular weight excluding hydrogens is 513 g/mol. The summed E-state index contributed by atoms with van der Waals surface area (Å²) in [6, 6.07) is 10.8. The van der Waals surface area contributed by atoms with Gasteiger partial charge in [0, 0.05) is 18.3 Å². The highest BCUT2D eigenvalue weighted by Crippen LogP contribution is 2.39. The van der Waals surface area contributed by atoms with Gasteiger partial charge in [0.05, 0.1) is 33.8 Å². The largest absolute Gasteiger partial charge is 0.465 e. The maximum atomic E-state index is 13.5. The summed E-state index contributed by atoms with van der Waals surface area (Å²) in [6.45, 7) is 2.03. The Bertz CT molecular complexity index is 1340. The summed E-state index contributed by atoms with van der Waals surface area (Å²) in [7, 11) is -2.34. The second kappa shape index (κ2) is 10.6. The van der Waals surface area contributed by atoms with Gasteiger partial charge in [-0.25, -0.2) is 8.42 Å². The molecule has 1 aliphatic rings. The average Bonchev–Trinajstić information content (AvgIpc) is 3.24. The van der Waals surface area contributed by atoms with Crippen molar-refractivity contribution >= 4 is 39.2 Å². The van der Waals surface area contributed by atoms with Gasteiger partial charge < -0.3 is 9.47 Å². The zero-order valence-electron chi connectivity index (χ0n) is 19.3. The number of hydrogen-bond donors (Lipinski definition) is 0. The van der Waals surface area contributed by atoms with Gasteiger partial charge in [0.15, 0.2) is 0 Å². The van der Waals surface area contributed by atoms with E-state index >= 15 is 0 Å². The fourth-order valence-electron chi connectivity index (χ4n) is 4.14. The molecule has 0 spiro atoms. The van der Waals surface area contributed by atoms with Crippen LogP contribution in [-0.2, 0) is 32.5 Å². The second-order valence-electron chi connectivity index (χ2n) is 8.06. The van der Waals surface area contributed by atoms with Crippen molar-refractivity contribution in [2.45, 2.75) is 43.7 Å². The summed E-state index contributed by atoms with van der Waals surface area (Å²) in [5.41, 5.74) is 1.63. The van der Waals surface area contributed by atoms with Crippen LogP contribution in [0.5, 0.6) is 11.5 Å². The van der Waals surface area contributed by atoms with Crippen molar-refractivity contribution in [1.82, 2.24) is 14.1 Å². The first-order chi connectivity index (χ1) is 16.7. The molecule has 35 heavy (non-hydrogen) atoms. The predicted octanol–water partition coefficient (Wildman–Crippen LogP) is 5.24. The lowest BCUT2D eigenvalue weighted by atomic mass is 9.93. The van der Waals surface area contributed by atoms with Crippen LogP contribution in [0.4, 0.5) is 0 Å². The molecule has 4 rings (SSSR count). The molecule has 0 bridgehead atoms.